The smallest absolute Gasteiger partial charge is 0.328 e. The molecule has 3 aromatic heterocycles. The molecule has 1 aromatic carbocycles. The molecule has 0 unspecified atom stereocenters. The number of sulfone groups is 1. The molecule has 0 saturated carbocycles. The van der Waals surface area contributed by atoms with Crippen molar-refractivity contribution < 1.29 is 39.6 Å². The van der Waals surface area contributed by atoms with E-state index in [2.05, 4.69) is 20.4 Å². The first-order valence-corrected chi connectivity index (χ1v) is 14.9. The van der Waals surface area contributed by atoms with Gasteiger partial charge in [0.2, 0.25) is 0 Å². The number of hydrogen-bond acceptors (Lipinski definition) is 7. The van der Waals surface area contributed by atoms with Gasteiger partial charge in [0.05, 0.1) is 51.4 Å². The van der Waals surface area contributed by atoms with Crippen LogP contribution in [0.2, 0.25) is 0 Å². The zero-order valence-corrected chi connectivity index (χ0v) is 24.0. The quantitative estimate of drug-likeness (QED) is 0.320. The zero-order valence-electron chi connectivity index (χ0n) is 23.2. The average Bonchev–Trinajstić information content (AvgIpc) is 3.69. The summed E-state index contributed by atoms with van der Waals surface area (Å²) in [6, 6.07) is 6.28. The van der Waals surface area contributed by atoms with E-state index < -0.39 is 39.2 Å². The zero-order chi connectivity index (χ0) is 32.0. The fourth-order valence-corrected chi connectivity index (χ4v) is 5.36. The third-order valence-electron chi connectivity index (χ3n) is 6.96. The number of aryl methyl sites for hydroxylation is 1. The van der Waals surface area contributed by atoms with Crippen molar-refractivity contribution in [2.75, 3.05) is 6.26 Å². The lowest BCUT2D eigenvalue weighted by Gasteiger charge is -2.18. The van der Waals surface area contributed by atoms with Crippen LogP contribution < -0.4 is 5.32 Å². The number of nitrogens with zero attached hydrogens (tertiary/aromatic N) is 5. The van der Waals surface area contributed by atoms with Crippen molar-refractivity contribution in [1.82, 2.24) is 30.0 Å². The van der Waals surface area contributed by atoms with E-state index in [1.807, 2.05) is 6.92 Å². The van der Waals surface area contributed by atoms with E-state index in [1.165, 1.54) is 27.8 Å². The lowest BCUT2D eigenvalue weighted by molar-refractivity contribution is -0.138. The van der Waals surface area contributed by atoms with Crippen molar-refractivity contribution in [3.63, 3.8) is 0 Å². The largest absolute Gasteiger partial charge is 0.417 e. The minimum Gasteiger partial charge on any atom is -0.328 e. The summed E-state index contributed by atoms with van der Waals surface area (Å²) < 4.78 is 101. The van der Waals surface area contributed by atoms with E-state index in [9.17, 15) is 39.6 Å². The predicted octanol–water partition coefficient (Wildman–Crippen LogP) is 4.86. The number of hydrogen-bond donors (Lipinski definition) is 1. The van der Waals surface area contributed by atoms with Gasteiger partial charge in [0.15, 0.2) is 9.84 Å². The number of alkyl halides is 6. The lowest BCUT2D eigenvalue weighted by Crippen LogP contribution is -2.27. The van der Waals surface area contributed by atoms with Crippen LogP contribution in [-0.4, -0.2) is 45.2 Å². The molecule has 16 heteroatoms. The predicted molar refractivity (Wildman–Crippen MR) is 144 cm³/mol. The second kappa shape index (κ2) is 11.3. The van der Waals surface area contributed by atoms with Crippen LogP contribution in [0, 0.1) is 6.92 Å². The molecule has 0 radical (unpaired) electrons. The van der Waals surface area contributed by atoms with Gasteiger partial charge in [0.1, 0.15) is 0 Å². The summed E-state index contributed by atoms with van der Waals surface area (Å²) in [4.78, 5) is 22.2. The molecule has 0 aliphatic carbocycles. The molecule has 6 rings (SSSR count). The second-order valence-corrected chi connectivity index (χ2v) is 12.3. The Morgan fingerprint density at radius 3 is 2.09 bits per heavy atom. The van der Waals surface area contributed by atoms with Gasteiger partial charge in [-0.15, -0.1) is 0 Å². The van der Waals surface area contributed by atoms with Gasteiger partial charge in [-0.05, 0) is 53.9 Å². The number of fused-ring (bicyclic) bond motifs is 2. The monoisotopic (exact) mass is 638 g/mol. The maximum atomic E-state index is 13.3. The maximum absolute atomic E-state index is 13.3. The molecular formula is C28H24F6N6O3S. The van der Waals surface area contributed by atoms with Crippen molar-refractivity contribution in [3.05, 3.63) is 99.9 Å². The summed E-state index contributed by atoms with van der Waals surface area (Å²) in [7, 11) is -3.59. The Morgan fingerprint density at radius 2 is 1.50 bits per heavy atom. The van der Waals surface area contributed by atoms with Crippen LogP contribution in [0.1, 0.15) is 49.6 Å². The number of pyridine rings is 2. The van der Waals surface area contributed by atoms with Crippen molar-refractivity contribution in [2.45, 2.75) is 50.4 Å². The summed E-state index contributed by atoms with van der Waals surface area (Å²) in [5, 5.41) is 7.12. The van der Waals surface area contributed by atoms with Crippen molar-refractivity contribution >= 4 is 15.7 Å². The molecule has 0 spiro atoms. The normalized spacial score (nSPS) is 14.6. The summed E-state index contributed by atoms with van der Waals surface area (Å²) in [6.45, 7) is 2.81. The lowest BCUT2D eigenvalue weighted by atomic mass is 10.1. The van der Waals surface area contributed by atoms with Gasteiger partial charge in [0.25, 0.3) is 5.91 Å². The van der Waals surface area contributed by atoms with E-state index in [4.69, 9.17) is 0 Å². The van der Waals surface area contributed by atoms with Crippen LogP contribution in [0.4, 0.5) is 26.3 Å². The van der Waals surface area contributed by atoms with Gasteiger partial charge in [-0.3, -0.25) is 14.8 Å². The summed E-state index contributed by atoms with van der Waals surface area (Å²) >= 11 is 0. The molecule has 44 heavy (non-hydrogen) atoms. The minimum absolute atomic E-state index is 0.0208. The average molecular weight is 639 g/mol. The molecule has 0 saturated heterocycles. The SMILES string of the molecule is Cc1cnn(-c2ccc(S(C)(=O)=O)cc2C(=O)N2Cc3cc(C(F)(F)F)cnc3C2)c1.FC(F)(F)c1cnc2c(c1)CNC2. The number of carbonyl (C=O) groups excluding carboxylic acids is 1. The van der Waals surface area contributed by atoms with E-state index in [1.54, 1.807) is 12.4 Å². The number of halogens is 6. The molecule has 232 valence electrons. The minimum atomic E-state index is -4.53. The Hall–Kier alpha value is -4.31. The fraction of sp³-hybridized carbons (Fsp3) is 0.286. The molecule has 1 amide bonds. The molecule has 5 heterocycles. The number of benzene rings is 1. The standard InChI is InChI=1S/C20H17F3N4O3S.C8H7F3N2/c1-12-7-25-27(9-12)18-4-3-15(31(2,29)30)6-16(18)19(28)26-10-13-5-14(20(21,22)23)8-24-17(13)11-26;9-8(10,11)6-1-5-2-12-4-7(5)13-3-6/h3-9H,10-11H2,1-2H3;1,3,12H,2,4H2. The van der Waals surface area contributed by atoms with Crippen LogP contribution in [-0.2, 0) is 48.4 Å². The number of rotatable bonds is 3. The Bertz CT molecular complexity index is 1850. The molecule has 0 atom stereocenters. The number of amides is 1. The Balaban J connectivity index is 0.000000245. The summed E-state index contributed by atoms with van der Waals surface area (Å²) in [5.74, 6) is -0.528. The third kappa shape index (κ3) is 6.60. The van der Waals surface area contributed by atoms with Crippen molar-refractivity contribution in [2.24, 2.45) is 0 Å². The number of nitrogens with one attached hydrogen (secondary N) is 1. The van der Waals surface area contributed by atoms with E-state index in [0.717, 1.165) is 36.3 Å². The van der Waals surface area contributed by atoms with Gasteiger partial charge in [-0.1, -0.05) is 0 Å². The molecule has 2 aliphatic rings. The van der Waals surface area contributed by atoms with Crippen LogP contribution in [0.25, 0.3) is 5.69 Å². The molecule has 4 aromatic rings. The molecule has 0 bridgehead atoms. The van der Waals surface area contributed by atoms with Crippen LogP contribution in [0.3, 0.4) is 0 Å². The Labute approximate surface area is 247 Å². The molecule has 9 nitrogen and oxygen atoms in total. The number of aromatic nitrogens is 4. The van der Waals surface area contributed by atoms with Crippen LogP contribution in [0.15, 0.2) is 60.0 Å². The van der Waals surface area contributed by atoms with Crippen LogP contribution >= 0.6 is 0 Å². The Morgan fingerprint density at radius 1 is 0.864 bits per heavy atom. The van der Waals surface area contributed by atoms with Gasteiger partial charge in [-0.25, -0.2) is 13.1 Å². The topological polar surface area (TPSA) is 110 Å². The summed E-state index contributed by atoms with van der Waals surface area (Å²) in [5.41, 5.74) is 1.77. The summed E-state index contributed by atoms with van der Waals surface area (Å²) in [6.07, 6.45) is -2.89. The molecule has 0 fully saturated rings. The van der Waals surface area contributed by atoms with Gasteiger partial charge >= 0.3 is 12.4 Å². The molecular weight excluding hydrogens is 614 g/mol. The van der Waals surface area contributed by atoms with Gasteiger partial charge in [-0.2, -0.15) is 31.4 Å². The third-order valence-corrected chi connectivity index (χ3v) is 8.07. The van der Waals surface area contributed by atoms with Gasteiger partial charge < -0.3 is 10.2 Å². The maximum Gasteiger partial charge on any atom is 0.417 e. The van der Waals surface area contributed by atoms with Gasteiger partial charge in [0, 0.05) is 44.5 Å². The molecule has 1 N–H and O–H groups in total. The highest BCUT2D eigenvalue weighted by molar-refractivity contribution is 7.90. The molecule has 2 aliphatic heterocycles. The van der Waals surface area contributed by atoms with E-state index in [0.29, 0.717) is 41.3 Å². The number of carbonyl (C=O) groups is 1. The van der Waals surface area contributed by atoms with Crippen molar-refractivity contribution in [1.29, 1.82) is 0 Å². The second-order valence-electron chi connectivity index (χ2n) is 10.3. The van der Waals surface area contributed by atoms with Crippen LogP contribution in [0.5, 0.6) is 0 Å². The highest BCUT2D eigenvalue weighted by Gasteiger charge is 2.35. The highest BCUT2D eigenvalue weighted by Crippen LogP contribution is 2.33. The van der Waals surface area contributed by atoms with Crippen molar-refractivity contribution in [3.8, 4) is 5.69 Å². The fourth-order valence-electron chi connectivity index (χ4n) is 4.71. The first-order valence-electron chi connectivity index (χ1n) is 13.0. The van der Waals surface area contributed by atoms with E-state index in [-0.39, 0.29) is 23.5 Å². The Kier molecular flexibility index (Phi) is 8.01. The first-order chi connectivity index (χ1) is 20.5. The first kappa shape index (κ1) is 31.1. The van der Waals surface area contributed by atoms with E-state index >= 15 is 0 Å². The highest BCUT2D eigenvalue weighted by atomic mass is 32.2.